The van der Waals surface area contributed by atoms with E-state index in [-0.39, 0.29) is 6.54 Å². The highest BCUT2D eigenvalue weighted by atomic mass is 32.2. The number of carbonyl (C=O) groups excluding carboxylic acids is 2. The van der Waals surface area contributed by atoms with E-state index in [1.165, 1.54) is 25.1 Å². The predicted molar refractivity (Wildman–Crippen MR) is 94.2 cm³/mol. The highest BCUT2D eigenvalue weighted by Gasteiger charge is 2.47. The number of nitrogens with zero attached hydrogens (tertiary/aromatic N) is 3. The molecule has 0 unspecified atom stereocenters. The quantitative estimate of drug-likeness (QED) is 0.781. The Hall–Kier alpha value is -2.65. The van der Waals surface area contributed by atoms with Gasteiger partial charge in [0.25, 0.3) is 5.91 Å². The van der Waals surface area contributed by atoms with Gasteiger partial charge in [-0.1, -0.05) is 18.2 Å². The van der Waals surface area contributed by atoms with Crippen LogP contribution in [0.3, 0.4) is 0 Å². The third kappa shape index (κ3) is 3.23. The highest BCUT2D eigenvalue weighted by molar-refractivity contribution is 7.87. The first-order chi connectivity index (χ1) is 12.3. The molecule has 26 heavy (non-hydrogen) atoms. The van der Waals surface area contributed by atoms with Gasteiger partial charge in [0.2, 0.25) is 5.91 Å². The second kappa shape index (κ2) is 6.93. The van der Waals surface area contributed by atoms with Crippen LogP contribution in [0.25, 0.3) is 0 Å². The van der Waals surface area contributed by atoms with Crippen molar-refractivity contribution in [2.24, 2.45) is 0 Å². The van der Waals surface area contributed by atoms with E-state index in [0.29, 0.717) is 15.8 Å². The van der Waals surface area contributed by atoms with Crippen LogP contribution in [-0.4, -0.2) is 48.5 Å². The molecule has 1 aliphatic rings. The van der Waals surface area contributed by atoms with Gasteiger partial charge in [0.15, 0.2) is 0 Å². The van der Waals surface area contributed by atoms with Crippen molar-refractivity contribution in [2.45, 2.75) is 19.5 Å². The molecule has 2 heterocycles. The predicted octanol–water partition coefficient (Wildman–Crippen LogP) is 1.22. The fourth-order valence-corrected chi connectivity index (χ4v) is 4.24. The molecule has 9 heteroatoms. The average Bonchev–Trinajstić information content (AvgIpc) is 3.19. The third-order valence-electron chi connectivity index (χ3n) is 4.30. The molecule has 1 saturated heterocycles. The molecule has 1 atom stereocenters. The molecule has 2 amide bonds. The molecule has 0 bridgehead atoms. The average molecular weight is 377 g/mol. The molecule has 1 aromatic heterocycles. The molecule has 1 aromatic carbocycles. The molecule has 1 fully saturated rings. The summed E-state index contributed by atoms with van der Waals surface area (Å²) in [7, 11) is -2.80. The summed E-state index contributed by atoms with van der Waals surface area (Å²) in [6, 6.07) is 11.4. The summed E-state index contributed by atoms with van der Waals surface area (Å²) < 4.78 is 31.6. The lowest BCUT2D eigenvalue weighted by Crippen LogP contribution is -2.44. The first kappa shape index (κ1) is 18.2. The van der Waals surface area contributed by atoms with Crippen LogP contribution in [0.2, 0.25) is 0 Å². The minimum atomic E-state index is -3.99. The minimum absolute atomic E-state index is 0.155. The Morgan fingerprint density at radius 2 is 1.88 bits per heavy atom. The van der Waals surface area contributed by atoms with Gasteiger partial charge >= 0.3 is 10.2 Å². The summed E-state index contributed by atoms with van der Waals surface area (Å²) in [6.45, 7) is 1.19. The lowest BCUT2D eigenvalue weighted by molar-refractivity contribution is -0.127. The summed E-state index contributed by atoms with van der Waals surface area (Å²) in [4.78, 5) is 26.3. The van der Waals surface area contributed by atoms with Crippen LogP contribution in [0.4, 0.5) is 5.69 Å². The molecule has 0 saturated carbocycles. The summed E-state index contributed by atoms with van der Waals surface area (Å²) >= 11 is 0. The largest absolute Gasteiger partial charge is 0.467 e. The van der Waals surface area contributed by atoms with E-state index in [1.54, 1.807) is 36.4 Å². The van der Waals surface area contributed by atoms with E-state index in [4.69, 9.17) is 4.42 Å². The zero-order valence-corrected chi connectivity index (χ0v) is 15.2. The van der Waals surface area contributed by atoms with E-state index in [9.17, 15) is 18.0 Å². The molecule has 0 radical (unpaired) electrons. The topological polar surface area (TPSA) is 91.1 Å². The summed E-state index contributed by atoms with van der Waals surface area (Å²) in [5.41, 5.74) is 0.609. The maximum Gasteiger partial charge on any atom is 0.307 e. The first-order valence-electron chi connectivity index (χ1n) is 7.99. The van der Waals surface area contributed by atoms with Crippen LogP contribution < -0.4 is 4.90 Å². The fraction of sp³-hybridized carbons (Fsp3) is 0.294. The van der Waals surface area contributed by atoms with Crippen LogP contribution in [0.5, 0.6) is 0 Å². The number of anilines is 1. The first-order valence-corrected chi connectivity index (χ1v) is 9.39. The number of amides is 2. The lowest BCUT2D eigenvalue weighted by atomic mass is 10.2. The van der Waals surface area contributed by atoms with Crippen LogP contribution in [0.1, 0.15) is 12.7 Å². The smallest absolute Gasteiger partial charge is 0.307 e. The molecule has 1 aliphatic heterocycles. The monoisotopic (exact) mass is 377 g/mol. The third-order valence-corrected chi connectivity index (χ3v) is 6.21. The van der Waals surface area contributed by atoms with Crippen molar-refractivity contribution in [2.75, 3.05) is 18.5 Å². The number of carbonyl (C=O) groups is 2. The van der Waals surface area contributed by atoms with Gasteiger partial charge in [-0.15, -0.1) is 0 Å². The fourth-order valence-electron chi connectivity index (χ4n) is 2.78. The van der Waals surface area contributed by atoms with E-state index in [0.717, 1.165) is 4.31 Å². The van der Waals surface area contributed by atoms with E-state index in [1.807, 2.05) is 6.07 Å². The normalized spacial score (nSPS) is 19.7. The lowest BCUT2D eigenvalue weighted by Gasteiger charge is -2.25. The summed E-state index contributed by atoms with van der Waals surface area (Å²) in [5, 5.41) is 0. The standard InChI is InChI=1S/C17H19N3O5S/c1-13-17(22)18(2)26(23,24)20(13)12-16(21)19(11-15-9-6-10-25-15)14-7-4-3-5-8-14/h3-10,13H,11-12H2,1-2H3/t13-/m1/s1. The van der Waals surface area contributed by atoms with Gasteiger partial charge in [-0.2, -0.15) is 12.7 Å². The second-order valence-electron chi connectivity index (χ2n) is 5.93. The van der Waals surface area contributed by atoms with Crippen LogP contribution in [0, 0.1) is 0 Å². The van der Waals surface area contributed by atoms with Crippen molar-refractivity contribution in [3.63, 3.8) is 0 Å². The molecular weight excluding hydrogens is 358 g/mol. The van der Waals surface area contributed by atoms with Crippen molar-refractivity contribution in [1.29, 1.82) is 0 Å². The van der Waals surface area contributed by atoms with Gasteiger partial charge in [-0.3, -0.25) is 9.59 Å². The van der Waals surface area contributed by atoms with E-state index < -0.39 is 34.6 Å². The Morgan fingerprint density at radius 3 is 2.42 bits per heavy atom. The zero-order chi connectivity index (χ0) is 18.9. The summed E-state index contributed by atoms with van der Waals surface area (Å²) in [6.07, 6.45) is 1.50. The van der Waals surface area contributed by atoms with Crippen molar-refractivity contribution in [3.8, 4) is 0 Å². The number of rotatable bonds is 5. The molecule has 0 spiro atoms. The molecule has 2 aromatic rings. The number of likely N-dealkylation sites (N-methyl/N-ethyl adjacent to an activating group) is 1. The zero-order valence-electron chi connectivity index (χ0n) is 14.4. The molecule has 3 rings (SSSR count). The maximum absolute atomic E-state index is 12.9. The van der Waals surface area contributed by atoms with Gasteiger partial charge in [0.1, 0.15) is 11.8 Å². The number of hydrogen-bond acceptors (Lipinski definition) is 5. The second-order valence-corrected chi connectivity index (χ2v) is 7.84. The molecule has 8 nitrogen and oxygen atoms in total. The van der Waals surface area contributed by atoms with E-state index in [2.05, 4.69) is 0 Å². The van der Waals surface area contributed by atoms with Crippen molar-refractivity contribution < 1.29 is 22.4 Å². The van der Waals surface area contributed by atoms with Gasteiger partial charge in [-0.25, -0.2) is 4.31 Å². The van der Waals surface area contributed by atoms with Gasteiger partial charge in [0.05, 0.1) is 19.4 Å². The van der Waals surface area contributed by atoms with Crippen LogP contribution >= 0.6 is 0 Å². The van der Waals surface area contributed by atoms with Gasteiger partial charge < -0.3 is 9.32 Å². The molecular formula is C17H19N3O5S. The van der Waals surface area contributed by atoms with Crippen LogP contribution in [-0.2, 0) is 26.3 Å². The molecule has 0 N–H and O–H groups in total. The number of hydrogen-bond donors (Lipinski definition) is 0. The maximum atomic E-state index is 12.9. The van der Waals surface area contributed by atoms with Gasteiger partial charge in [0, 0.05) is 12.7 Å². The van der Waals surface area contributed by atoms with Crippen molar-refractivity contribution in [1.82, 2.24) is 8.61 Å². The highest BCUT2D eigenvalue weighted by Crippen LogP contribution is 2.24. The number of para-hydroxylation sites is 1. The number of furan rings is 1. The molecule has 138 valence electrons. The Morgan fingerprint density at radius 1 is 1.19 bits per heavy atom. The number of benzene rings is 1. The van der Waals surface area contributed by atoms with Crippen LogP contribution in [0.15, 0.2) is 53.1 Å². The van der Waals surface area contributed by atoms with Gasteiger partial charge in [-0.05, 0) is 31.2 Å². The Balaban J connectivity index is 1.87. The van der Waals surface area contributed by atoms with Crippen molar-refractivity contribution >= 4 is 27.7 Å². The van der Waals surface area contributed by atoms with Crippen molar-refractivity contribution in [3.05, 3.63) is 54.5 Å². The molecule has 0 aliphatic carbocycles. The SMILES string of the molecule is C[C@@H]1C(=O)N(C)S(=O)(=O)N1CC(=O)N(Cc1ccco1)c1ccccc1. The Bertz CT molecular complexity index is 896. The Labute approximate surface area is 151 Å². The minimum Gasteiger partial charge on any atom is -0.467 e. The van der Waals surface area contributed by atoms with E-state index >= 15 is 0 Å². The Kier molecular flexibility index (Phi) is 4.84. The summed E-state index contributed by atoms with van der Waals surface area (Å²) in [5.74, 6) is -0.450.